The summed E-state index contributed by atoms with van der Waals surface area (Å²) in [7, 11) is 0. The SMILES string of the molecule is Cc1nc(CCC(=O)N2CC[C@@H](C(=O)O)C2)oc1-c1ccccc1. The van der Waals surface area contributed by atoms with E-state index in [1.165, 1.54) is 0 Å². The molecule has 1 aliphatic heterocycles. The zero-order valence-corrected chi connectivity index (χ0v) is 13.6. The molecule has 1 fully saturated rings. The van der Waals surface area contributed by atoms with Crippen molar-refractivity contribution >= 4 is 11.9 Å². The average molecular weight is 328 g/mol. The van der Waals surface area contributed by atoms with Gasteiger partial charge in [-0.1, -0.05) is 30.3 Å². The molecule has 126 valence electrons. The second kappa shape index (κ2) is 6.86. The molecule has 0 saturated carbocycles. The first kappa shape index (κ1) is 16.2. The van der Waals surface area contributed by atoms with E-state index in [-0.39, 0.29) is 12.3 Å². The Hall–Kier alpha value is -2.63. The monoisotopic (exact) mass is 328 g/mol. The normalized spacial score (nSPS) is 17.2. The fourth-order valence-corrected chi connectivity index (χ4v) is 2.98. The van der Waals surface area contributed by atoms with Gasteiger partial charge in [0.1, 0.15) is 0 Å². The molecule has 1 aromatic heterocycles. The fourth-order valence-electron chi connectivity index (χ4n) is 2.98. The van der Waals surface area contributed by atoms with E-state index in [1.54, 1.807) is 4.90 Å². The quantitative estimate of drug-likeness (QED) is 0.912. The number of hydrogen-bond acceptors (Lipinski definition) is 4. The van der Waals surface area contributed by atoms with E-state index >= 15 is 0 Å². The molecule has 1 atom stereocenters. The maximum Gasteiger partial charge on any atom is 0.308 e. The van der Waals surface area contributed by atoms with Gasteiger partial charge in [0.2, 0.25) is 5.91 Å². The second-order valence-corrected chi connectivity index (χ2v) is 6.05. The molecule has 0 radical (unpaired) electrons. The van der Waals surface area contributed by atoms with Crippen LogP contribution in [0.5, 0.6) is 0 Å². The Kier molecular flexibility index (Phi) is 4.64. The highest BCUT2D eigenvalue weighted by molar-refractivity contribution is 5.78. The summed E-state index contributed by atoms with van der Waals surface area (Å²) in [5.74, 6) is -0.0570. The predicted octanol–water partition coefficient (Wildman–Crippen LogP) is 2.52. The zero-order chi connectivity index (χ0) is 17.1. The number of aromatic nitrogens is 1. The Morgan fingerprint density at radius 2 is 2.08 bits per heavy atom. The van der Waals surface area contributed by atoms with Gasteiger partial charge in [-0.05, 0) is 13.3 Å². The number of amides is 1. The molecule has 1 saturated heterocycles. The molecule has 1 aliphatic rings. The van der Waals surface area contributed by atoms with Crippen LogP contribution in [0.1, 0.15) is 24.4 Å². The van der Waals surface area contributed by atoms with Crippen LogP contribution in [0.4, 0.5) is 0 Å². The van der Waals surface area contributed by atoms with E-state index in [0.29, 0.717) is 31.8 Å². The third-order valence-corrected chi connectivity index (χ3v) is 4.32. The van der Waals surface area contributed by atoms with Crippen LogP contribution in [0.15, 0.2) is 34.7 Å². The zero-order valence-electron chi connectivity index (χ0n) is 13.6. The maximum absolute atomic E-state index is 12.2. The summed E-state index contributed by atoms with van der Waals surface area (Å²) in [4.78, 5) is 29.2. The third-order valence-electron chi connectivity index (χ3n) is 4.32. The largest absolute Gasteiger partial charge is 0.481 e. The number of carboxylic acid groups (broad SMARTS) is 1. The van der Waals surface area contributed by atoms with Crippen LogP contribution in [0.2, 0.25) is 0 Å². The molecule has 2 heterocycles. The van der Waals surface area contributed by atoms with Gasteiger partial charge < -0.3 is 14.4 Å². The van der Waals surface area contributed by atoms with Crippen molar-refractivity contribution in [3.05, 3.63) is 41.9 Å². The van der Waals surface area contributed by atoms with Crippen molar-refractivity contribution in [2.75, 3.05) is 13.1 Å². The maximum atomic E-state index is 12.2. The molecule has 0 aliphatic carbocycles. The van der Waals surface area contributed by atoms with Crippen LogP contribution in [0.25, 0.3) is 11.3 Å². The highest BCUT2D eigenvalue weighted by Crippen LogP contribution is 2.25. The fraction of sp³-hybridized carbons (Fsp3) is 0.389. The third kappa shape index (κ3) is 3.48. The highest BCUT2D eigenvalue weighted by atomic mass is 16.4. The van der Waals surface area contributed by atoms with E-state index in [4.69, 9.17) is 9.52 Å². The summed E-state index contributed by atoms with van der Waals surface area (Å²) in [6.07, 6.45) is 1.22. The number of carbonyl (C=O) groups excluding carboxylic acids is 1. The van der Waals surface area contributed by atoms with E-state index in [1.807, 2.05) is 37.3 Å². The molecule has 0 bridgehead atoms. The van der Waals surface area contributed by atoms with Crippen LogP contribution in [0.3, 0.4) is 0 Å². The number of aryl methyl sites for hydroxylation is 2. The summed E-state index contributed by atoms with van der Waals surface area (Å²) in [6.45, 7) is 2.69. The minimum atomic E-state index is -0.832. The summed E-state index contributed by atoms with van der Waals surface area (Å²) >= 11 is 0. The van der Waals surface area contributed by atoms with E-state index in [0.717, 1.165) is 17.0 Å². The molecule has 0 unspecified atom stereocenters. The molecule has 3 rings (SSSR count). The van der Waals surface area contributed by atoms with Crippen LogP contribution < -0.4 is 0 Å². The van der Waals surface area contributed by atoms with Gasteiger partial charge in [-0.3, -0.25) is 9.59 Å². The Balaban J connectivity index is 1.60. The van der Waals surface area contributed by atoms with E-state index in [9.17, 15) is 9.59 Å². The second-order valence-electron chi connectivity index (χ2n) is 6.05. The number of likely N-dealkylation sites (tertiary alicyclic amines) is 1. The van der Waals surface area contributed by atoms with Gasteiger partial charge in [0.05, 0.1) is 11.6 Å². The minimum absolute atomic E-state index is 0.0455. The van der Waals surface area contributed by atoms with Crippen molar-refractivity contribution in [3.63, 3.8) is 0 Å². The molecule has 1 amide bonds. The molecule has 24 heavy (non-hydrogen) atoms. The number of rotatable bonds is 5. The van der Waals surface area contributed by atoms with Crippen LogP contribution in [0, 0.1) is 12.8 Å². The highest BCUT2D eigenvalue weighted by Gasteiger charge is 2.30. The van der Waals surface area contributed by atoms with Crippen molar-refractivity contribution in [3.8, 4) is 11.3 Å². The molecule has 2 aromatic rings. The predicted molar refractivity (Wildman–Crippen MR) is 87.3 cm³/mol. The number of nitrogens with zero attached hydrogens (tertiary/aromatic N) is 2. The molecule has 1 aromatic carbocycles. The van der Waals surface area contributed by atoms with Crippen molar-refractivity contribution in [1.82, 2.24) is 9.88 Å². The topological polar surface area (TPSA) is 83.6 Å². The molecule has 6 nitrogen and oxygen atoms in total. The Labute approximate surface area is 140 Å². The smallest absolute Gasteiger partial charge is 0.308 e. The molecule has 0 spiro atoms. The van der Waals surface area contributed by atoms with Gasteiger partial charge in [0, 0.05) is 31.5 Å². The van der Waals surface area contributed by atoms with Gasteiger partial charge in [-0.25, -0.2) is 4.98 Å². The number of oxazole rings is 1. The van der Waals surface area contributed by atoms with Gasteiger partial charge in [0.25, 0.3) is 0 Å². The standard InChI is InChI=1S/C18H20N2O4/c1-12-17(13-5-3-2-4-6-13)24-15(19-12)7-8-16(21)20-10-9-14(11-20)18(22)23/h2-6,14H,7-11H2,1H3,(H,22,23)/t14-/m1/s1. The van der Waals surface area contributed by atoms with Crippen molar-refractivity contribution in [1.29, 1.82) is 0 Å². The number of benzene rings is 1. The lowest BCUT2D eigenvalue weighted by Gasteiger charge is -2.14. The molecule has 6 heteroatoms. The summed E-state index contributed by atoms with van der Waals surface area (Å²) in [5, 5.41) is 9.00. The van der Waals surface area contributed by atoms with E-state index < -0.39 is 11.9 Å². The average Bonchev–Trinajstić information content (AvgIpc) is 3.20. The number of hydrogen-bond donors (Lipinski definition) is 1. The first-order valence-corrected chi connectivity index (χ1v) is 8.07. The van der Waals surface area contributed by atoms with Crippen LogP contribution in [-0.2, 0) is 16.0 Å². The lowest BCUT2D eigenvalue weighted by molar-refractivity contribution is -0.141. The van der Waals surface area contributed by atoms with Gasteiger partial charge in [-0.2, -0.15) is 0 Å². The number of carbonyl (C=O) groups is 2. The lowest BCUT2D eigenvalue weighted by atomic mass is 10.1. The number of aliphatic carboxylic acids is 1. The first-order valence-electron chi connectivity index (χ1n) is 8.07. The summed E-state index contributed by atoms with van der Waals surface area (Å²) in [6, 6.07) is 9.73. The van der Waals surface area contributed by atoms with E-state index in [2.05, 4.69) is 4.98 Å². The van der Waals surface area contributed by atoms with Crippen LogP contribution >= 0.6 is 0 Å². The van der Waals surface area contributed by atoms with Crippen LogP contribution in [-0.4, -0.2) is 40.0 Å². The summed E-state index contributed by atoms with van der Waals surface area (Å²) in [5.41, 5.74) is 1.76. The Morgan fingerprint density at radius 3 is 2.75 bits per heavy atom. The van der Waals surface area contributed by atoms with Crippen molar-refractivity contribution in [2.45, 2.75) is 26.2 Å². The lowest BCUT2D eigenvalue weighted by Crippen LogP contribution is -2.30. The van der Waals surface area contributed by atoms with Crippen molar-refractivity contribution in [2.24, 2.45) is 5.92 Å². The Bertz CT molecular complexity index is 739. The van der Waals surface area contributed by atoms with Gasteiger partial charge >= 0.3 is 5.97 Å². The summed E-state index contributed by atoms with van der Waals surface area (Å²) < 4.78 is 5.80. The first-order chi connectivity index (χ1) is 11.5. The molecule has 1 N–H and O–H groups in total. The molecular formula is C18H20N2O4. The van der Waals surface area contributed by atoms with Crippen molar-refractivity contribution < 1.29 is 19.1 Å². The van der Waals surface area contributed by atoms with Gasteiger partial charge in [-0.15, -0.1) is 0 Å². The Morgan fingerprint density at radius 1 is 1.33 bits per heavy atom. The molecular weight excluding hydrogens is 308 g/mol. The minimum Gasteiger partial charge on any atom is -0.481 e. The number of carboxylic acids is 1. The van der Waals surface area contributed by atoms with Gasteiger partial charge in [0.15, 0.2) is 11.7 Å².